The highest BCUT2D eigenvalue weighted by Crippen LogP contribution is 2.44. The molecular weight excluding hydrogens is 508 g/mol. The van der Waals surface area contributed by atoms with E-state index in [9.17, 15) is 0 Å². The topological polar surface area (TPSA) is 42.3 Å². The van der Waals surface area contributed by atoms with Crippen molar-refractivity contribution in [1.29, 1.82) is 0 Å². The molecule has 1 saturated heterocycles. The number of hydrogen-bond acceptors (Lipinski definition) is 3. The van der Waals surface area contributed by atoms with Crippen LogP contribution in [-0.4, -0.2) is 21.8 Å². The summed E-state index contributed by atoms with van der Waals surface area (Å²) >= 11 is 9.60. The summed E-state index contributed by atoms with van der Waals surface area (Å²) in [5.74, 6) is 0.812. The standard InChI is InChI=1S/C27H25BrN4OS/c1-17-16-21(18(2)31(17)24-10-5-4-8-22(24)28)26-25(23-9-6-7-15-29-23)30-27(34)32(26)19-11-13-20(33-3)14-12-19/h4-16,25-26H,1-3H3,(H,30,34)/t25-,26+/m0/s1. The van der Waals surface area contributed by atoms with Gasteiger partial charge in [0.15, 0.2) is 5.11 Å². The van der Waals surface area contributed by atoms with Gasteiger partial charge in [0.1, 0.15) is 5.75 Å². The van der Waals surface area contributed by atoms with Crippen LogP contribution in [0.3, 0.4) is 0 Å². The molecule has 1 aliphatic rings. The average Bonchev–Trinajstić information content (AvgIpc) is 3.35. The lowest BCUT2D eigenvalue weighted by molar-refractivity contribution is 0.415. The van der Waals surface area contributed by atoms with Crippen molar-refractivity contribution in [3.8, 4) is 11.4 Å². The zero-order valence-electron chi connectivity index (χ0n) is 19.2. The van der Waals surface area contributed by atoms with E-state index >= 15 is 0 Å². The molecule has 1 aliphatic heterocycles. The Balaban J connectivity index is 1.68. The van der Waals surface area contributed by atoms with E-state index in [1.54, 1.807) is 7.11 Å². The molecule has 2 aromatic heterocycles. The Labute approximate surface area is 213 Å². The molecule has 0 unspecified atom stereocenters. The second kappa shape index (κ2) is 9.24. The minimum Gasteiger partial charge on any atom is -0.497 e. The SMILES string of the molecule is COc1ccc(N2C(=S)N[C@@H](c3ccccn3)[C@H]2c2cc(C)n(-c3ccccc3Br)c2C)cc1. The van der Waals surface area contributed by atoms with Crippen LogP contribution in [0, 0.1) is 13.8 Å². The van der Waals surface area contributed by atoms with E-state index in [1.807, 2.05) is 48.7 Å². The predicted octanol–water partition coefficient (Wildman–Crippen LogP) is 6.44. The summed E-state index contributed by atoms with van der Waals surface area (Å²) in [4.78, 5) is 6.87. The van der Waals surface area contributed by atoms with Crippen molar-refractivity contribution in [3.63, 3.8) is 0 Å². The van der Waals surface area contributed by atoms with E-state index in [0.717, 1.165) is 33.0 Å². The number of para-hydroxylation sites is 1. The van der Waals surface area contributed by atoms with Crippen molar-refractivity contribution in [2.45, 2.75) is 25.9 Å². The summed E-state index contributed by atoms with van der Waals surface area (Å²) in [5.41, 5.74) is 6.60. The number of rotatable bonds is 5. The maximum absolute atomic E-state index is 5.88. The Hall–Kier alpha value is -3.16. The number of halogens is 1. The average molecular weight is 533 g/mol. The molecule has 0 spiro atoms. The van der Waals surface area contributed by atoms with E-state index in [1.165, 1.54) is 11.3 Å². The number of nitrogens with zero attached hydrogens (tertiary/aromatic N) is 3. The number of thiocarbonyl (C=S) groups is 1. The number of aryl methyl sites for hydroxylation is 1. The van der Waals surface area contributed by atoms with E-state index in [-0.39, 0.29) is 12.1 Å². The van der Waals surface area contributed by atoms with Crippen LogP contribution >= 0.6 is 28.1 Å². The minimum absolute atomic E-state index is 0.0711. The molecule has 0 radical (unpaired) electrons. The molecule has 2 atom stereocenters. The van der Waals surface area contributed by atoms with E-state index < -0.39 is 0 Å². The highest BCUT2D eigenvalue weighted by Gasteiger charge is 2.42. The van der Waals surface area contributed by atoms with Crippen molar-refractivity contribution >= 4 is 38.9 Å². The number of pyridine rings is 1. The van der Waals surface area contributed by atoms with Crippen molar-refractivity contribution in [2.24, 2.45) is 0 Å². The van der Waals surface area contributed by atoms with Crippen molar-refractivity contribution in [3.05, 3.63) is 106 Å². The molecular formula is C27H25BrN4OS. The van der Waals surface area contributed by atoms with Gasteiger partial charge in [-0.05, 0) is 102 Å². The highest BCUT2D eigenvalue weighted by molar-refractivity contribution is 9.10. The normalized spacial score (nSPS) is 17.6. The first-order valence-electron chi connectivity index (χ1n) is 11.1. The summed E-state index contributed by atoms with van der Waals surface area (Å²) in [6.07, 6.45) is 1.83. The lowest BCUT2D eigenvalue weighted by Crippen LogP contribution is -2.29. The van der Waals surface area contributed by atoms with Gasteiger partial charge in [-0.25, -0.2) is 0 Å². The Bertz CT molecular complexity index is 1340. The molecule has 0 bridgehead atoms. The number of nitrogens with one attached hydrogen (secondary N) is 1. The molecule has 1 N–H and O–H groups in total. The van der Waals surface area contributed by atoms with Crippen LogP contribution in [0.25, 0.3) is 5.69 Å². The largest absolute Gasteiger partial charge is 0.497 e. The maximum atomic E-state index is 5.88. The van der Waals surface area contributed by atoms with E-state index in [4.69, 9.17) is 17.0 Å². The highest BCUT2D eigenvalue weighted by atomic mass is 79.9. The lowest BCUT2D eigenvalue weighted by atomic mass is 9.96. The van der Waals surface area contributed by atoms with Gasteiger partial charge < -0.3 is 19.5 Å². The third kappa shape index (κ3) is 3.89. The molecule has 4 aromatic rings. The van der Waals surface area contributed by atoms with Gasteiger partial charge in [0.05, 0.1) is 30.6 Å². The molecule has 5 rings (SSSR count). The maximum Gasteiger partial charge on any atom is 0.174 e. The third-order valence-corrected chi connectivity index (χ3v) is 7.32. The first-order valence-corrected chi connectivity index (χ1v) is 12.3. The Morgan fingerprint density at radius 2 is 1.74 bits per heavy atom. The van der Waals surface area contributed by atoms with Gasteiger partial charge in [-0.2, -0.15) is 0 Å². The van der Waals surface area contributed by atoms with Crippen LogP contribution in [0.5, 0.6) is 5.75 Å². The van der Waals surface area contributed by atoms with Gasteiger partial charge in [-0.15, -0.1) is 0 Å². The summed E-state index contributed by atoms with van der Waals surface area (Å²) in [5, 5.41) is 4.23. The second-order valence-electron chi connectivity index (χ2n) is 8.31. The first kappa shape index (κ1) is 22.6. The van der Waals surface area contributed by atoms with Gasteiger partial charge in [0.25, 0.3) is 0 Å². The van der Waals surface area contributed by atoms with Crippen LogP contribution in [0.4, 0.5) is 5.69 Å². The summed E-state index contributed by atoms with van der Waals surface area (Å²) in [6.45, 7) is 4.31. The van der Waals surface area contributed by atoms with Crippen LogP contribution in [0.15, 0.2) is 83.5 Å². The monoisotopic (exact) mass is 532 g/mol. The van der Waals surface area contributed by atoms with Gasteiger partial charge >= 0.3 is 0 Å². The minimum atomic E-state index is -0.0936. The van der Waals surface area contributed by atoms with Crippen molar-refractivity contribution in [1.82, 2.24) is 14.9 Å². The Morgan fingerprint density at radius 1 is 1.00 bits per heavy atom. The fourth-order valence-corrected chi connectivity index (χ4v) is 5.59. The fraction of sp³-hybridized carbons (Fsp3) is 0.185. The van der Waals surface area contributed by atoms with Crippen LogP contribution in [-0.2, 0) is 0 Å². The molecule has 1 fully saturated rings. The van der Waals surface area contributed by atoms with Crippen LogP contribution in [0.2, 0.25) is 0 Å². The smallest absolute Gasteiger partial charge is 0.174 e. The van der Waals surface area contributed by atoms with Gasteiger partial charge in [0.2, 0.25) is 0 Å². The number of ether oxygens (including phenoxy) is 1. The molecule has 172 valence electrons. The number of benzene rings is 2. The molecule has 7 heteroatoms. The molecule has 2 aromatic carbocycles. The van der Waals surface area contributed by atoms with E-state index in [0.29, 0.717) is 5.11 Å². The molecule has 34 heavy (non-hydrogen) atoms. The molecule has 3 heterocycles. The molecule has 5 nitrogen and oxygen atoms in total. The van der Waals surface area contributed by atoms with Crippen LogP contribution in [0.1, 0.15) is 34.7 Å². The first-order chi connectivity index (χ1) is 16.5. The van der Waals surface area contributed by atoms with Crippen molar-refractivity contribution < 1.29 is 4.74 Å². The molecule has 0 amide bonds. The third-order valence-electron chi connectivity index (χ3n) is 6.33. The Kier molecular flexibility index (Phi) is 6.15. The zero-order chi connectivity index (χ0) is 23.8. The van der Waals surface area contributed by atoms with E-state index in [2.05, 4.69) is 79.9 Å². The van der Waals surface area contributed by atoms with Gasteiger partial charge in [-0.1, -0.05) is 18.2 Å². The van der Waals surface area contributed by atoms with Gasteiger partial charge in [0, 0.05) is 27.7 Å². The number of hydrogen-bond donors (Lipinski definition) is 1. The predicted molar refractivity (Wildman–Crippen MR) is 144 cm³/mol. The second-order valence-corrected chi connectivity index (χ2v) is 9.55. The fourth-order valence-electron chi connectivity index (χ4n) is 4.78. The summed E-state index contributed by atoms with van der Waals surface area (Å²) in [6, 6.07) is 24.4. The summed E-state index contributed by atoms with van der Waals surface area (Å²) < 4.78 is 8.72. The molecule has 0 aliphatic carbocycles. The van der Waals surface area contributed by atoms with Gasteiger partial charge in [-0.3, -0.25) is 4.98 Å². The Morgan fingerprint density at radius 3 is 2.41 bits per heavy atom. The number of methoxy groups -OCH3 is 1. The van der Waals surface area contributed by atoms with Crippen molar-refractivity contribution in [2.75, 3.05) is 12.0 Å². The number of aromatic nitrogens is 2. The summed E-state index contributed by atoms with van der Waals surface area (Å²) in [7, 11) is 1.67. The zero-order valence-corrected chi connectivity index (χ0v) is 21.6. The van der Waals surface area contributed by atoms with Crippen LogP contribution < -0.4 is 15.0 Å². The quantitative estimate of drug-likeness (QED) is 0.299. The lowest BCUT2D eigenvalue weighted by Gasteiger charge is -2.28. The molecule has 0 saturated carbocycles. The number of anilines is 1.